The monoisotopic (exact) mass is 379 g/mol. The predicted octanol–water partition coefficient (Wildman–Crippen LogP) is 6.99. The first-order valence-corrected chi connectivity index (χ1v) is 11.1. The molecule has 0 aromatic rings. The summed E-state index contributed by atoms with van der Waals surface area (Å²) in [6, 6.07) is 0. The van der Waals surface area contributed by atoms with E-state index in [0.717, 1.165) is 58.0 Å². The van der Waals surface area contributed by atoms with Gasteiger partial charge in [0.25, 0.3) is 0 Å². The number of carboxylic acid groups (broad SMARTS) is 1. The molecule has 0 heterocycles. The summed E-state index contributed by atoms with van der Waals surface area (Å²) in [6.45, 7) is 14.6. The maximum atomic E-state index is 12.5. The lowest BCUT2D eigenvalue weighted by Gasteiger charge is -2.40. The molecular weight excluding hydrogens is 334 g/mol. The van der Waals surface area contributed by atoms with Crippen molar-refractivity contribution in [1.29, 1.82) is 0 Å². The summed E-state index contributed by atoms with van der Waals surface area (Å²) in [4.78, 5) is 14.8. The SMILES string of the molecule is CCCCCCC(CC=C(C)CCC=C(C)C)(C(=O)O)N(CCC)CCC. The van der Waals surface area contributed by atoms with Crippen molar-refractivity contribution in [3.63, 3.8) is 0 Å². The van der Waals surface area contributed by atoms with Crippen LogP contribution in [0.2, 0.25) is 0 Å². The number of nitrogens with zero attached hydrogens (tertiary/aromatic N) is 1. The Bertz CT molecular complexity index is 457. The van der Waals surface area contributed by atoms with Gasteiger partial charge in [-0.05, 0) is 72.4 Å². The van der Waals surface area contributed by atoms with E-state index in [2.05, 4.69) is 58.6 Å². The molecule has 0 spiro atoms. The third-order valence-electron chi connectivity index (χ3n) is 5.31. The van der Waals surface area contributed by atoms with Crippen LogP contribution in [-0.4, -0.2) is 34.6 Å². The van der Waals surface area contributed by atoms with E-state index >= 15 is 0 Å². The number of aliphatic carboxylic acids is 1. The molecule has 0 saturated carbocycles. The van der Waals surface area contributed by atoms with Gasteiger partial charge in [0.2, 0.25) is 0 Å². The zero-order valence-corrected chi connectivity index (χ0v) is 18.9. The minimum atomic E-state index is -0.752. The maximum Gasteiger partial charge on any atom is 0.324 e. The van der Waals surface area contributed by atoms with Crippen molar-refractivity contribution in [2.24, 2.45) is 0 Å². The van der Waals surface area contributed by atoms with Crippen LogP contribution < -0.4 is 0 Å². The lowest BCUT2D eigenvalue weighted by molar-refractivity contribution is -0.152. The van der Waals surface area contributed by atoms with Crippen molar-refractivity contribution in [3.8, 4) is 0 Å². The highest BCUT2D eigenvalue weighted by molar-refractivity contribution is 5.79. The van der Waals surface area contributed by atoms with E-state index in [1.807, 2.05) is 0 Å². The third kappa shape index (κ3) is 10.1. The van der Waals surface area contributed by atoms with Gasteiger partial charge in [0, 0.05) is 0 Å². The molecule has 1 unspecified atom stereocenters. The molecule has 0 aliphatic heterocycles. The zero-order valence-electron chi connectivity index (χ0n) is 18.9. The Kier molecular flexibility index (Phi) is 14.3. The second-order valence-electron chi connectivity index (χ2n) is 8.21. The minimum Gasteiger partial charge on any atom is -0.480 e. The molecule has 27 heavy (non-hydrogen) atoms. The Morgan fingerprint density at radius 3 is 2.04 bits per heavy atom. The van der Waals surface area contributed by atoms with Crippen LogP contribution in [0.15, 0.2) is 23.3 Å². The molecule has 0 rings (SSSR count). The number of allylic oxidation sites excluding steroid dienone is 3. The number of rotatable bonds is 16. The van der Waals surface area contributed by atoms with E-state index in [0.29, 0.717) is 6.42 Å². The standard InChI is InChI=1S/C24H45NO2/c1-7-10-11-12-17-24(23(26)27,25(19-8-2)20-9-3)18-16-22(6)15-13-14-21(4)5/h14,16H,7-13,15,17-20H2,1-6H3,(H,26,27). The predicted molar refractivity (Wildman–Crippen MR) is 118 cm³/mol. The molecular formula is C24H45NO2. The van der Waals surface area contributed by atoms with Gasteiger partial charge in [0.15, 0.2) is 0 Å². The van der Waals surface area contributed by atoms with Gasteiger partial charge < -0.3 is 5.11 Å². The van der Waals surface area contributed by atoms with Crippen LogP contribution in [0, 0.1) is 0 Å². The summed E-state index contributed by atoms with van der Waals surface area (Å²) in [7, 11) is 0. The number of hydrogen-bond acceptors (Lipinski definition) is 2. The number of carbonyl (C=O) groups is 1. The topological polar surface area (TPSA) is 40.5 Å². The first kappa shape index (κ1) is 25.9. The van der Waals surface area contributed by atoms with Crippen molar-refractivity contribution in [1.82, 2.24) is 4.90 Å². The first-order chi connectivity index (χ1) is 12.8. The van der Waals surface area contributed by atoms with Crippen LogP contribution in [0.3, 0.4) is 0 Å². The zero-order chi connectivity index (χ0) is 20.7. The second-order valence-corrected chi connectivity index (χ2v) is 8.21. The van der Waals surface area contributed by atoms with Crippen LogP contribution in [0.25, 0.3) is 0 Å². The van der Waals surface area contributed by atoms with Gasteiger partial charge in [-0.15, -0.1) is 0 Å². The number of unbranched alkanes of at least 4 members (excludes halogenated alkanes) is 3. The Labute approximate surface area is 168 Å². The minimum absolute atomic E-state index is 0.620. The van der Waals surface area contributed by atoms with E-state index in [1.54, 1.807) is 0 Å². The molecule has 1 N–H and O–H groups in total. The quantitative estimate of drug-likeness (QED) is 0.232. The van der Waals surface area contributed by atoms with Crippen molar-refractivity contribution in [2.75, 3.05) is 13.1 Å². The molecule has 0 radical (unpaired) electrons. The van der Waals surface area contributed by atoms with Gasteiger partial charge in [-0.25, -0.2) is 0 Å². The van der Waals surface area contributed by atoms with Crippen LogP contribution in [0.5, 0.6) is 0 Å². The highest BCUT2D eigenvalue weighted by Crippen LogP contribution is 2.30. The lowest BCUT2D eigenvalue weighted by atomic mass is 9.85. The van der Waals surface area contributed by atoms with Gasteiger partial charge in [0.05, 0.1) is 0 Å². The second kappa shape index (κ2) is 14.9. The number of carboxylic acids is 1. The summed E-state index contributed by atoms with van der Waals surface area (Å²) < 4.78 is 0. The van der Waals surface area contributed by atoms with Gasteiger partial charge in [-0.2, -0.15) is 0 Å². The maximum absolute atomic E-state index is 12.5. The molecule has 0 aromatic carbocycles. The van der Waals surface area contributed by atoms with E-state index in [-0.39, 0.29) is 0 Å². The highest BCUT2D eigenvalue weighted by Gasteiger charge is 2.42. The summed E-state index contributed by atoms with van der Waals surface area (Å²) in [5.41, 5.74) is 1.90. The van der Waals surface area contributed by atoms with Crippen LogP contribution >= 0.6 is 0 Å². The molecule has 1 atom stereocenters. The molecule has 0 amide bonds. The molecule has 0 saturated heterocycles. The fourth-order valence-electron chi connectivity index (χ4n) is 3.68. The van der Waals surface area contributed by atoms with E-state index in [4.69, 9.17) is 0 Å². The number of hydrogen-bond donors (Lipinski definition) is 1. The third-order valence-corrected chi connectivity index (χ3v) is 5.31. The van der Waals surface area contributed by atoms with Gasteiger partial charge >= 0.3 is 5.97 Å². The van der Waals surface area contributed by atoms with E-state index in [1.165, 1.54) is 24.0 Å². The molecule has 0 aliphatic rings. The Morgan fingerprint density at radius 2 is 1.56 bits per heavy atom. The molecule has 3 heteroatoms. The molecule has 3 nitrogen and oxygen atoms in total. The first-order valence-electron chi connectivity index (χ1n) is 11.1. The summed E-state index contributed by atoms with van der Waals surface area (Å²) in [6.07, 6.45) is 14.3. The van der Waals surface area contributed by atoms with Crippen LogP contribution in [0.1, 0.15) is 106 Å². The van der Waals surface area contributed by atoms with Crippen LogP contribution in [0.4, 0.5) is 0 Å². The molecule has 158 valence electrons. The largest absolute Gasteiger partial charge is 0.480 e. The fourth-order valence-corrected chi connectivity index (χ4v) is 3.68. The van der Waals surface area contributed by atoms with Crippen molar-refractivity contribution < 1.29 is 9.90 Å². The average Bonchev–Trinajstić information content (AvgIpc) is 2.60. The van der Waals surface area contributed by atoms with Gasteiger partial charge in [-0.1, -0.05) is 69.8 Å². The molecule has 0 bridgehead atoms. The molecule has 0 aliphatic carbocycles. The highest BCUT2D eigenvalue weighted by atomic mass is 16.4. The van der Waals surface area contributed by atoms with Crippen molar-refractivity contribution in [3.05, 3.63) is 23.3 Å². The Hall–Kier alpha value is -1.09. The normalized spacial score (nSPS) is 14.3. The fraction of sp³-hybridized carbons (Fsp3) is 0.792. The average molecular weight is 380 g/mol. The summed E-state index contributed by atoms with van der Waals surface area (Å²) in [5, 5.41) is 10.3. The molecule has 0 aromatic heterocycles. The summed E-state index contributed by atoms with van der Waals surface area (Å²) in [5.74, 6) is -0.644. The van der Waals surface area contributed by atoms with Gasteiger partial charge in [-0.3, -0.25) is 9.69 Å². The summed E-state index contributed by atoms with van der Waals surface area (Å²) >= 11 is 0. The molecule has 0 fully saturated rings. The van der Waals surface area contributed by atoms with Gasteiger partial charge in [0.1, 0.15) is 5.54 Å². The van der Waals surface area contributed by atoms with E-state index < -0.39 is 11.5 Å². The Balaban J connectivity index is 5.42. The van der Waals surface area contributed by atoms with Crippen molar-refractivity contribution in [2.45, 2.75) is 111 Å². The van der Waals surface area contributed by atoms with E-state index in [9.17, 15) is 9.90 Å². The Morgan fingerprint density at radius 1 is 0.926 bits per heavy atom. The smallest absolute Gasteiger partial charge is 0.324 e. The lowest BCUT2D eigenvalue weighted by Crippen LogP contribution is -2.55. The van der Waals surface area contributed by atoms with Crippen molar-refractivity contribution >= 4 is 5.97 Å². The van der Waals surface area contributed by atoms with Crippen LogP contribution in [-0.2, 0) is 4.79 Å².